The lowest BCUT2D eigenvalue weighted by atomic mass is 10.0. The summed E-state index contributed by atoms with van der Waals surface area (Å²) in [6, 6.07) is 21.4. The van der Waals surface area contributed by atoms with E-state index >= 15 is 0 Å². The molecule has 0 bridgehead atoms. The van der Waals surface area contributed by atoms with Gasteiger partial charge in [-0.15, -0.1) is 11.3 Å². The van der Waals surface area contributed by atoms with Gasteiger partial charge in [-0.1, -0.05) is 65.9 Å². The van der Waals surface area contributed by atoms with Gasteiger partial charge in [0.25, 0.3) is 5.56 Å². The van der Waals surface area contributed by atoms with Gasteiger partial charge in [-0.05, 0) is 36.1 Å². The van der Waals surface area contributed by atoms with Gasteiger partial charge in [-0.3, -0.25) is 9.59 Å². The average Bonchev–Trinajstić information content (AvgIpc) is 3.53. The minimum Gasteiger partial charge on any atom is -0.344 e. The molecule has 9 heteroatoms. The van der Waals surface area contributed by atoms with E-state index in [4.69, 9.17) is 0 Å². The molecule has 1 unspecified atom stereocenters. The van der Waals surface area contributed by atoms with Crippen LogP contribution in [0.3, 0.4) is 0 Å². The number of H-pyrrole nitrogens is 1. The first-order valence-corrected chi connectivity index (χ1v) is 12.5. The number of aryl methyl sites for hydroxylation is 1. The highest BCUT2D eigenvalue weighted by atomic mass is 32.2. The quantitative estimate of drug-likeness (QED) is 0.261. The molecule has 5 rings (SSSR count). The van der Waals surface area contributed by atoms with E-state index < -0.39 is 0 Å². The van der Waals surface area contributed by atoms with Gasteiger partial charge in [0, 0.05) is 4.88 Å². The van der Waals surface area contributed by atoms with Gasteiger partial charge in [0.1, 0.15) is 5.39 Å². The molecule has 0 aliphatic carbocycles. The first-order valence-electron chi connectivity index (χ1n) is 10.6. The number of hydrogen-bond donors (Lipinski definition) is 2. The van der Waals surface area contributed by atoms with E-state index in [1.54, 1.807) is 16.0 Å². The second-order valence-electron chi connectivity index (χ2n) is 7.72. The van der Waals surface area contributed by atoms with Crippen LogP contribution in [0.5, 0.6) is 0 Å². The third kappa shape index (κ3) is 4.66. The number of aromatic amines is 1. The molecule has 170 valence electrons. The Morgan fingerprint density at radius 3 is 2.65 bits per heavy atom. The van der Waals surface area contributed by atoms with Crippen LogP contribution in [0, 0.1) is 6.92 Å². The molecule has 0 spiro atoms. The molecule has 0 fully saturated rings. The van der Waals surface area contributed by atoms with Crippen LogP contribution in [0.4, 0.5) is 0 Å². The Labute approximate surface area is 203 Å². The van der Waals surface area contributed by atoms with Crippen molar-refractivity contribution in [2.75, 3.05) is 5.75 Å². The number of benzene rings is 2. The van der Waals surface area contributed by atoms with Crippen molar-refractivity contribution in [1.29, 1.82) is 0 Å². The molecule has 3 aromatic heterocycles. The van der Waals surface area contributed by atoms with Crippen molar-refractivity contribution in [1.82, 2.24) is 25.1 Å². The number of amides is 1. The summed E-state index contributed by atoms with van der Waals surface area (Å²) in [5.41, 5.74) is 3.16. The Balaban J connectivity index is 1.35. The third-order valence-corrected chi connectivity index (χ3v) is 7.11. The number of para-hydroxylation sites is 1. The van der Waals surface area contributed by atoms with Gasteiger partial charge in [0.2, 0.25) is 5.91 Å². The number of thiophene rings is 1. The number of aromatic nitrogens is 4. The zero-order valence-electron chi connectivity index (χ0n) is 18.3. The summed E-state index contributed by atoms with van der Waals surface area (Å²) in [5.74, 6) is -0.0370. The topological polar surface area (TPSA) is 92.7 Å². The molecule has 1 atom stereocenters. The first kappa shape index (κ1) is 22.1. The van der Waals surface area contributed by atoms with Gasteiger partial charge in [-0.2, -0.15) is 5.10 Å². The predicted molar refractivity (Wildman–Crippen MR) is 136 cm³/mol. The van der Waals surface area contributed by atoms with Gasteiger partial charge in [0.15, 0.2) is 10.8 Å². The van der Waals surface area contributed by atoms with Crippen LogP contribution < -0.4 is 10.9 Å². The summed E-state index contributed by atoms with van der Waals surface area (Å²) >= 11 is 2.78. The summed E-state index contributed by atoms with van der Waals surface area (Å²) < 4.78 is 1.62. The molecule has 2 aromatic carbocycles. The summed E-state index contributed by atoms with van der Waals surface area (Å²) in [6.45, 7) is 2.04. The molecular weight excluding hydrogens is 466 g/mol. The van der Waals surface area contributed by atoms with Crippen LogP contribution in [-0.4, -0.2) is 31.4 Å². The van der Waals surface area contributed by atoms with E-state index in [0.29, 0.717) is 16.2 Å². The summed E-state index contributed by atoms with van der Waals surface area (Å²) in [5, 5.41) is 10.2. The third-order valence-electron chi connectivity index (χ3n) is 5.30. The van der Waals surface area contributed by atoms with Crippen LogP contribution in [0.25, 0.3) is 16.7 Å². The highest BCUT2D eigenvalue weighted by molar-refractivity contribution is 7.99. The standard InChI is InChI=1S/C25H21N5O2S2/c1-16-9-11-17(12-10-16)22(20-8-5-13-33-20)27-21(31)15-34-25-28-23-19(24(32)29-25)14-26-30(23)18-6-3-2-4-7-18/h2-14,22H,15H2,1H3,(H,27,31)(H,28,29,32). The van der Waals surface area contributed by atoms with Gasteiger partial charge in [-0.25, -0.2) is 9.67 Å². The van der Waals surface area contributed by atoms with Crippen LogP contribution in [0.2, 0.25) is 0 Å². The van der Waals surface area contributed by atoms with E-state index in [9.17, 15) is 9.59 Å². The van der Waals surface area contributed by atoms with Crippen molar-refractivity contribution in [3.63, 3.8) is 0 Å². The van der Waals surface area contributed by atoms with E-state index in [0.717, 1.165) is 21.7 Å². The van der Waals surface area contributed by atoms with Crippen LogP contribution in [0.1, 0.15) is 22.0 Å². The fraction of sp³-hybridized carbons (Fsp3) is 0.120. The second kappa shape index (κ2) is 9.66. The van der Waals surface area contributed by atoms with E-state index in [1.165, 1.54) is 18.0 Å². The number of hydrogen-bond acceptors (Lipinski definition) is 6. The highest BCUT2D eigenvalue weighted by Crippen LogP contribution is 2.27. The number of nitrogens with zero attached hydrogens (tertiary/aromatic N) is 3. The predicted octanol–water partition coefficient (Wildman–Crippen LogP) is 4.48. The molecule has 1 amide bonds. The molecule has 0 radical (unpaired) electrons. The molecule has 2 N–H and O–H groups in total. The Morgan fingerprint density at radius 1 is 1.12 bits per heavy atom. The largest absolute Gasteiger partial charge is 0.344 e. The summed E-state index contributed by atoms with van der Waals surface area (Å²) in [7, 11) is 0. The minimum atomic E-state index is -0.286. The minimum absolute atomic E-state index is 0.113. The first-order chi connectivity index (χ1) is 16.6. The number of carbonyl (C=O) groups is 1. The van der Waals surface area contributed by atoms with Gasteiger partial charge < -0.3 is 10.3 Å². The maximum absolute atomic E-state index is 12.9. The molecule has 3 heterocycles. The maximum atomic E-state index is 12.9. The molecular formula is C25H21N5O2S2. The fourth-order valence-corrected chi connectivity index (χ4v) is 5.06. The highest BCUT2D eigenvalue weighted by Gasteiger charge is 2.19. The second-order valence-corrected chi connectivity index (χ2v) is 9.66. The van der Waals surface area contributed by atoms with Crippen LogP contribution >= 0.6 is 23.1 Å². The van der Waals surface area contributed by atoms with Crippen molar-refractivity contribution in [2.45, 2.75) is 18.1 Å². The van der Waals surface area contributed by atoms with Gasteiger partial charge >= 0.3 is 0 Å². The van der Waals surface area contributed by atoms with E-state index in [1.807, 2.05) is 79.0 Å². The number of carbonyl (C=O) groups excluding carboxylic acids is 1. The Bertz CT molecular complexity index is 1480. The number of thioether (sulfide) groups is 1. The number of fused-ring (bicyclic) bond motifs is 1. The molecule has 0 aliphatic heterocycles. The Kier molecular flexibility index (Phi) is 6.29. The lowest BCUT2D eigenvalue weighted by Gasteiger charge is -2.18. The van der Waals surface area contributed by atoms with Gasteiger partial charge in [0.05, 0.1) is 23.7 Å². The molecule has 0 saturated carbocycles. The van der Waals surface area contributed by atoms with Crippen molar-refractivity contribution in [3.8, 4) is 5.69 Å². The Hall–Kier alpha value is -3.69. The molecule has 34 heavy (non-hydrogen) atoms. The number of nitrogens with one attached hydrogen (secondary N) is 2. The smallest absolute Gasteiger partial charge is 0.262 e. The summed E-state index contributed by atoms with van der Waals surface area (Å²) in [6.07, 6.45) is 1.50. The normalized spacial score (nSPS) is 12.0. The van der Waals surface area contributed by atoms with Crippen LogP contribution in [-0.2, 0) is 4.79 Å². The zero-order valence-corrected chi connectivity index (χ0v) is 19.9. The molecule has 7 nitrogen and oxygen atoms in total. The number of rotatable bonds is 7. The molecule has 5 aromatic rings. The molecule has 0 saturated heterocycles. The maximum Gasteiger partial charge on any atom is 0.262 e. The zero-order chi connectivity index (χ0) is 23.5. The van der Waals surface area contributed by atoms with Crippen molar-refractivity contribution in [2.24, 2.45) is 0 Å². The fourth-order valence-electron chi connectivity index (χ4n) is 3.59. The van der Waals surface area contributed by atoms with Crippen LogP contribution in [0.15, 0.2) is 88.3 Å². The van der Waals surface area contributed by atoms with E-state index in [-0.39, 0.29) is 23.3 Å². The van der Waals surface area contributed by atoms with Crippen molar-refractivity contribution < 1.29 is 4.79 Å². The lowest BCUT2D eigenvalue weighted by molar-refractivity contribution is -0.119. The lowest BCUT2D eigenvalue weighted by Crippen LogP contribution is -2.30. The Morgan fingerprint density at radius 2 is 1.91 bits per heavy atom. The van der Waals surface area contributed by atoms with E-state index in [2.05, 4.69) is 20.4 Å². The van der Waals surface area contributed by atoms with Crippen molar-refractivity contribution >= 4 is 40.0 Å². The summed E-state index contributed by atoms with van der Waals surface area (Å²) in [4.78, 5) is 33.8. The van der Waals surface area contributed by atoms with Crippen molar-refractivity contribution in [3.05, 3.63) is 105 Å². The molecule has 0 aliphatic rings. The SMILES string of the molecule is Cc1ccc(C(NC(=O)CSc2nc3c(cnn3-c3ccccc3)c(=O)[nH]2)c2cccs2)cc1. The monoisotopic (exact) mass is 487 g/mol. The average molecular weight is 488 g/mol.